The van der Waals surface area contributed by atoms with E-state index in [1.54, 1.807) is 4.90 Å². The maximum absolute atomic E-state index is 12.4. The molecule has 24 heavy (non-hydrogen) atoms. The van der Waals surface area contributed by atoms with Gasteiger partial charge in [-0.3, -0.25) is 9.69 Å². The van der Waals surface area contributed by atoms with Gasteiger partial charge >= 0.3 is 12.1 Å². The van der Waals surface area contributed by atoms with Crippen molar-refractivity contribution < 1.29 is 19.4 Å². The van der Waals surface area contributed by atoms with Gasteiger partial charge in [-0.1, -0.05) is 30.3 Å². The molecule has 2 fully saturated rings. The third kappa shape index (κ3) is 3.87. The molecular formula is C18H24N2O4. The summed E-state index contributed by atoms with van der Waals surface area (Å²) in [6.07, 6.45) is 3.15. The topological polar surface area (TPSA) is 70.1 Å². The zero-order valence-corrected chi connectivity index (χ0v) is 13.8. The van der Waals surface area contributed by atoms with Gasteiger partial charge in [0.15, 0.2) is 0 Å². The van der Waals surface area contributed by atoms with Crippen molar-refractivity contribution in [1.29, 1.82) is 0 Å². The van der Waals surface area contributed by atoms with Gasteiger partial charge in [-0.05, 0) is 37.8 Å². The highest BCUT2D eigenvalue weighted by atomic mass is 16.6. The molecule has 1 amide bonds. The molecule has 0 spiro atoms. The molecule has 0 unspecified atom stereocenters. The third-order valence-electron chi connectivity index (χ3n) is 4.91. The van der Waals surface area contributed by atoms with E-state index < -0.39 is 12.0 Å². The highest BCUT2D eigenvalue weighted by Crippen LogP contribution is 2.24. The number of carboxylic acid groups (broad SMARTS) is 1. The molecular weight excluding hydrogens is 308 g/mol. The van der Waals surface area contributed by atoms with Crippen LogP contribution < -0.4 is 0 Å². The fraction of sp³-hybridized carbons (Fsp3) is 0.556. The van der Waals surface area contributed by atoms with Gasteiger partial charge in [0, 0.05) is 19.1 Å². The zero-order valence-electron chi connectivity index (χ0n) is 13.8. The van der Waals surface area contributed by atoms with Gasteiger partial charge < -0.3 is 14.7 Å². The number of carbonyl (C=O) groups is 2. The van der Waals surface area contributed by atoms with Crippen LogP contribution in [0.3, 0.4) is 0 Å². The first-order valence-electron chi connectivity index (χ1n) is 8.59. The molecule has 6 nitrogen and oxygen atoms in total. The lowest BCUT2D eigenvalue weighted by atomic mass is 10.2. The van der Waals surface area contributed by atoms with Crippen LogP contribution in [0.25, 0.3) is 0 Å². The van der Waals surface area contributed by atoms with Crippen LogP contribution in [-0.2, 0) is 16.1 Å². The number of aliphatic carboxylic acids is 1. The minimum absolute atomic E-state index is 0.0493. The highest BCUT2D eigenvalue weighted by Gasteiger charge is 2.36. The Labute approximate surface area is 142 Å². The standard InChI is InChI=1S/C18H24N2O4/c21-17(22)16-9-5-10-19(16)12-15-8-4-11-20(15)18(23)24-13-14-6-2-1-3-7-14/h1-3,6-7,15-16H,4-5,8-13H2,(H,21,22)/t15-,16-/m0/s1. The van der Waals surface area contributed by atoms with E-state index in [4.69, 9.17) is 4.74 Å². The van der Waals surface area contributed by atoms with Crippen molar-refractivity contribution >= 4 is 12.1 Å². The quantitative estimate of drug-likeness (QED) is 0.896. The van der Waals surface area contributed by atoms with Crippen LogP contribution in [0.15, 0.2) is 30.3 Å². The summed E-state index contributed by atoms with van der Waals surface area (Å²) in [6, 6.07) is 9.26. The lowest BCUT2D eigenvalue weighted by Crippen LogP contribution is -2.46. The Balaban J connectivity index is 1.54. The Morgan fingerprint density at radius 1 is 1.12 bits per heavy atom. The van der Waals surface area contributed by atoms with Crippen molar-refractivity contribution in [2.75, 3.05) is 19.6 Å². The van der Waals surface area contributed by atoms with Crippen molar-refractivity contribution in [3.8, 4) is 0 Å². The number of likely N-dealkylation sites (tertiary alicyclic amines) is 2. The highest BCUT2D eigenvalue weighted by molar-refractivity contribution is 5.74. The smallest absolute Gasteiger partial charge is 0.410 e. The molecule has 0 aromatic heterocycles. The maximum Gasteiger partial charge on any atom is 0.410 e. The molecule has 2 saturated heterocycles. The number of hydrogen-bond acceptors (Lipinski definition) is 4. The Morgan fingerprint density at radius 3 is 2.62 bits per heavy atom. The van der Waals surface area contributed by atoms with Crippen molar-refractivity contribution in [3.05, 3.63) is 35.9 Å². The normalized spacial score (nSPS) is 24.2. The van der Waals surface area contributed by atoms with Gasteiger partial charge in [-0.15, -0.1) is 0 Å². The van der Waals surface area contributed by atoms with E-state index in [9.17, 15) is 14.7 Å². The second kappa shape index (κ2) is 7.66. The van der Waals surface area contributed by atoms with E-state index in [0.29, 0.717) is 19.5 Å². The number of rotatable bonds is 5. The zero-order chi connectivity index (χ0) is 16.9. The van der Waals surface area contributed by atoms with E-state index in [2.05, 4.69) is 0 Å². The Hall–Kier alpha value is -2.08. The SMILES string of the molecule is O=C(O)[C@@H]1CCCN1C[C@@H]1CCCN1C(=O)OCc1ccccc1. The molecule has 0 bridgehead atoms. The van der Waals surface area contributed by atoms with Gasteiger partial charge in [-0.25, -0.2) is 4.79 Å². The number of hydrogen-bond donors (Lipinski definition) is 1. The molecule has 0 aliphatic carbocycles. The van der Waals surface area contributed by atoms with Crippen LogP contribution >= 0.6 is 0 Å². The Morgan fingerprint density at radius 2 is 1.88 bits per heavy atom. The number of benzene rings is 1. The summed E-state index contributed by atoms with van der Waals surface area (Å²) in [4.78, 5) is 27.5. The van der Waals surface area contributed by atoms with Gasteiger partial charge in [0.2, 0.25) is 0 Å². The molecule has 0 saturated carbocycles. The molecule has 2 atom stereocenters. The number of carbonyl (C=O) groups excluding carboxylic acids is 1. The summed E-state index contributed by atoms with van der Waals surface area (Å²) < 4.78 is 5.43. The number of nitrogens with zero attached hydrogens (tertiary/aromatic N) is 2. The molecule has 2 heterocycles. The molecule has 130 valence electrons. The summed E-state index contributed by atoms with van der Waals surface area (Å²) in [6.45, 7) is 2.37. The fourth-order valence-electron chi connectivity index (χ4n) is 3.66. The number of carboxylic acids is 1. The lowest BCUT2D eigenvalue weighted by Gasteiger charge is -2.30. The molecule has 0 radical (unpaired) electrons. The second-order valence-corrected chi connectivity index (χ2v) is 6.52. The minimum Gasteiger partial charge on any atom is -0.480 e. The van der Waals surface area contributed by atoms with Crippen LogP contribution in [-0.4, -0.2) is 58.7 Å². The van der Waals surface area contributed by atoms with Crippen LogP contribution in [0.5, 0.6) is 0 Å². The van der Waals surface area contributed by atoms with Crippen molar-refractivity contribution in [2.24, 2.45) is 0 Å². The summed E-state index contributed by atoms with van der Waals surface area (Å²) >= 11 is 0. The average molecular weight is 332 g/mol. The Bertz CT molecular complexity index is 578. The molecule has 3 rings (SSSR count). The van der Waals surface area contributed by atoms with Crippen LogP contribution in [0.4, 0.5) is 4.79 Å². The van der Waals surface area contributed by atoms with Gasteiger partial charge in [0.1, 0.15) is 12.6 Å². The summed E-state index contributed by atoms with van der Waals surface area (Å²) in [5.41, 5.74) is 0.965. The lowest BCUT2D eigenvalue weighted by molar-refractivity contribution is -0.142. The summed E-state index contributed by atoms with van der Waals surface area (Å²) in [5, 5.41) is 9.30. The molecule has 1 aromatic rings. The van der Waals surface area contributed by atoms with E-state index in [0.717, 1.165) is 31.4 Å². The van der Waals surface area contributed by atoms with E-state index in [-0.39, 0.29) is 18.7 Å². The fourth-order valence-corrected chi connectivity index (χ4v) is 3.66. The predicted octanol–water partition coefficient (Wildman–Crippen LogP) is 2.34. The summed E-state index contributed by atoms with van der Waals surface area (Å²) in [5.74, 6) is -0.760. The van der Waals surface area contributed by atoms with Gasteiger partial charge in [0.05, 0.1) is 0 Å². The number of ether oxygens (including phenoxy) is 1. The van der Waals surface area contributed by atoms with Crippen LogP contribution in [0.2, 0.25) is 0 Å². The second-order valence-electron chi connectivity index (χ2n) is 6.52. The van der Waals surface area contributed by atoms with Crippen LogP contribution in [0.1, 0.15) is 31.2 Å². The van der Waals surface area contributed by atoms with Gasteiger partial charge in [0.25, 0.3) is 0 Å². The Kier molecular flexibility index (Phi) is 5.35. The summed E-state index contributed by atoms with van der Waals surface area (Å²) in [7, 11) is 0. The maximum atomic E-state index is 12.4. The first kappa shape index (κ1) is 16.8. The van der Waals surface area contributed by atoms with Crippen molar-refractivity contribution in [2.45, 2.75) is 44.4 Å². The van der Waals surface area contributed by atoms with Crippen molar-refractivity contribution in [3.63, 3.8) is 0 Å². The number of amides is 1. The van der Waals surface area contributed by atoms with E-state index in [1.165, 1.54) is 0 Å². The first-order chi connectivity index (χ1) is 11.6. The molecule has 1 aromatic carbocycles. The van der Waals surface area contributed by atoms with Gasteiger partial charge in [-0.2, -0.15) is 0 Å². The monoisotopic (exact) mass is 332 g/mol. The van der Waals surface area contributed by atoms with E-state index >= 15 is 0 Å². The van der Waals surface area contributed by atoms with Crippen LogP contribution in [0, 0.1) is 0 Å². The average Bonchev–Trinajstić information content (AvgIpc) is 3.23. The van der Waals surface area contributed by atoms with Crippen molar-refractivity contribution in [1.82, 2.24) is 9.80 Å². The minimum atomic E-state index is -0.760. The third-order valence-corrected chi connectivity index (χ3v) is 4.91. The molecule has 2 aliphatic heterocycles. The molecule has 1 N–H and O–H groups in total. The van der Waals surface area contributed by atoms with E-state index in [1.807, 2.05) is 35.2 Å². The molecule has 2 aliphatic rings. The predicted molar refractivity (Wildman–Crippen MR) is 88.6 cm³/mol. The molecule has 6 heteroatoms. The largest absolute Gasteiger partial charge is 0.480 e. The first-order valence-corrected chi connectivity index (χ1v) is 8.59.